The highest BCUT2D eigenvalue weighted by atomic mass is 35.5. The summed E-state index contributed by atoms with van der Waals surface area (Å²) in [4.78, 5) is 5.60. The molecule has 24 heavy (non-hydrogen) atoms. The van der Waals surface area contributed by atoms with Crippen molar-refractivity contribution in [2.45, 2.75) is 19.0 Å². The maximum atomic E-state index is 15.7. The molecule has 1 aromatic carbocycles. The van der Waals surface area contributed by atoms with Crippen molar-refractivity contribution >= 4 is 34.3 Å². The van der Waals surface area contributed by atoms with Gasteiger partial charge in [-0.15, -0.1) is 11.8 Å². The van der Waals surface area contributed by atoms with Gasteiger partial charge in [0.25, 0.3) is 0 Å². The summed E-state index contributed by atoms with van der Waals surface area (Å²) in [5.74, 6) is 0.949. The number of benzene rings is 1. The molecule has 2 aliphatic rings. The third kappa shape index (κ3) is 2.87. The van der Waals surface area contributed by atoms with Crippen molar-refractivity contribution in [3.63, 3.8) is 0 Å². The normalized spacial score (nSPS) is 24.1. The van der Waals surface area contributed by atoms with E-state index in [0.717, 1.165) is 40.2 Å². The molecule has 1 aliphatic heterocycles. The third-order valence-electron chi connectivity index (χ3n) is 4.51. The van der Waals surface area contributed by atoms with Crippen molar-refractivity contribution in [2.75, 3.05) is 18.8 Å². The lowest BCUT2D eigenvalue weighted by atomic mass is 9.89. The monoisotopic (exact) mass is 360 g/mol. The molecule has 1 N–H and O–H groups in total. The Labute approximate surface area is 150 Å². The number of thioether (sulfide) groups is 1. The molecule has 1 atom stereocenters. The van der Waals surface area contributed by atoms with Crippen molar-refractivity contribution in [1.29, 1.82) is 0 Å². The first kappa shape index (κ1) is 16.1. The predicted molar refractivity (Wildman–Crippen MR) is 100 cm³/mol. The molecular formula is C19H18ClFN2S. The molecule has 0 saturated carbocycles. The van der Waals surface area contributed by atoms with Crippen molar-refractivity contribution < 1.29 is 4.39 Å². The Kier molecular flexibility index (Phi) is 4.15. The number of nitrogens with one attached hydrogen (secondary N) is 1. The second-order valence-electron chi connectivity index (χ2n) is 6.34. The van der Waals surface area contributed by atoms with Crippen molar-refractivity contribution in [3.05, 3.63) is 63.2 Å². The third-order valence-corrected chi connectivity index (χ3v) is 5.93. The molecule has 1 aromatic heterocycles. The van der Waals surface area contributed by atoms with E-state index in [1.807, 2.05) is 31.2 Å². The Morgan fingerprint density at radius 3 is 3.08 bits per heavy atom. The Hall–Kier alpha value is -1.36. The van der Waals surface area contributed by atoms with Crippen LogP contribution in [0.5, 0.6) is 0 Å². The van der Waals surface area contributed by atoms with Crippen molar-refractivity contribution in [2.24, 2.45) is 0 Å². The first-order valence-corrected chi connectivity index (χ1v) is 9.44. The standard InChI is InChI=1S/C19H18ClFN2S/c1-12-2-3-16-14(8-12)15(20)9-18(23-16)19(21)5-4-13-11-22-6-7-24-17(13)10-19/h2-4,8-10,22H,5-7,11H2,1H3. The topological polar surface area (TPSA) is 24.9 Å². The molecule has 0 bridgehead atoms. The maximum absolute atomic E-state index is 15.7. The molecule has 1 fully saturated rings. The molecule has 1 unspecified atom stereocenters. The Bertz CT molecular complexity index is 877. The van der Waals surface area contributed by atoms with Gasteiger partial charge < -0.3 is 5.32 Å². The fourth-order valence-electron chi connectivity index (χ4n) is 3.17. The van der Waals surface area contributed by atoms with E-state index in [9.17, 15) is 0 Å². The zero-order valence-corrected chi connectivity index (χ0v) is 15.0. The van der Waals surface area contributed by atoms with Gasteiger partial charge in [0.2, 0.25) is 0 Å². The minimum atomic E-state index is -1.60. The van der Waals surface area contributed by atoms with E-state index in [2.05, 4.69) is 10.3 Å². The van der Waals surface area contributed by atoms with Gasteiger partial charge in [-0.2, -0.15) is 0 Å². The summed E-state index contributed by atoms with van der Waals surface area (Å²) in [5, 5.41) is 4.79. The van der Waals surface area contributed by atoms with E-state index in [1.165, 1.54) is 5.57 Å². The second-order valence-corrected chi connectivity index (χ2v) is 7.88. The van der Waals surface area contributed by atoms with Crippen LogP contribution in [0.2, 0.25) is 5.02 Å². The fourth-order valence-corrected chi connectivity index (χ4v) is 4.50. The highest BCUT2D eigenvalue weighted by Crippen LogP contribution is 2.42. The molecule has 1 saturated heterocycles. The summed E-state index contributed by atoms with van der Waals surface area (Å²) in [6, 6.07) is 7.55. The molecule has 0 amide bonds. The Balaban J connectivity index is 1.79. The lowest BCUT2D eigenvalue weighted by Crippen LogP contribution is -2.23. The van der Waals surface area contributed by atoms with E-state index >= 15 is 4.39 Å². The number of halogens is 2. The van der Waals surface area contributed by atoms with Gasteiger partial charge in [0.1, 0.15) is 0 Å². The van der Waals surface area contributed by atoms with Gasteiger partial charge in [0.05, 0.1) is 16.2 Å². The van der Waals surface area contributed by atoms with Gasteiger partial charge in [-0.25, -0.2) is 9.37 Å². The number of aryl methyl sites for hydroxylation is 1. The molecule has 2 aromatic rings. The fraction of sp³-hybridized carbons (Fsp3) is 0.316. The van der Waals surface area contributed by atoms with Crippen LogP contribution in [-0.2, 0) is 5.67 Å². The van der Waals surface area contributed by atoms with Crippen LogP contribution < -0.4 is 5.32 Å². The van der Waals surface area contributed by atoms with Gasteiger partial charge in [-0.05, 0) is 36.8 Å². The van der Waals surface area contributed by atoms with Crippen LogP contribution in [0.1, 0.15) is 17.7 Å². The van der Waals surface area contributed by atoms with E-state index in [4.69, 9.17) is 11.6 Å². The van der Waals surface area contributed by atoms with Crippen LogP contribution in [0.25, 0.3) is 10.9 Å². The first-order chi connectivity index (χ1) is 11.5. The van der Waals surface area contributed by atoms with E-state index < -0.39 is 5.67 Å². The minimum Gasteiger partial charge on any atom is -0.312 e. The molecule has 2 heterocycles. The lowest BCUT2D eigenvalue weighted by Gasteiger charge is -2.26. The molecule has 4 rings (SSSR count). The van der Waals surface area contributed by atoms with E-state index in [1.54, 1.807) is 23.9 Å². The number of pyridine rings is 1. The molecular weight excluding hydrogens is 343 g/mol. The largest absolute Gasteiger partial charge is 0.312 e. The molecule has 0 radical (unpaired) electrons. The summed E-state index contributed by atoms with van der Waals surface area (Å²) in [6.45, 7) is 3.76. The van der Waals surface area contributed by atoms with Crippen LogP contribution in [-0.4, -0.2) is 23.8 Å². The van der Waals surface area contributed by atoms with Gasteiger partial charge in [-0.1, -0.05) is 29.3 Å². The van der Waals surface area contributed by atoms with Gasteiger partial charge in [0.15, 0.2) is 5.67 Å². The zero-order valence-electron chi connectivity index (χ0n) is 13.4. The van der Waals surface area contributed by atoms with Gasteiger partial charge >= 0.3 is 0 Å². The van der Waals surface area contributed by atoms with E-state index in [-0.39, 0.29) is 0 Å². The number of nitrogens with zero attached hydrogens (tertiary/aromatic N) is 1. The zero-order chi connectivity index (χ0) is 16.7. The molecule has 1 aliphatic carbocycles. The SMILES string of the molecule is Cc1ccc2nc(C3(F)C=C4SCCNCC4=CC3)cc(Cl)c2c1. The van der Waals surface area contributed by atoms with Crippen LogP contribution >= 0.6 is 23.4 Å². The lowest BCUT2D eigenvalue weighted by molar-refractivity contribution is 0.228. The van der Waals surface area contributed by atoms with Crippen LogP contribution in [0.4, 0.5) is 4.39 Å². The quantitative estimate of drug-likeness (QED) is 0.782. The number of fused-ring (bicyclic) bond motifs is 2. The number of alkyl halides is 1. The summed E-state index contributed by atoms with van der Waals surface area (Å²) >= 11 is 8.13. The Morgan fingerprint density at radius 1 is 1.33 bits per heavy atom. The summed E-state index contributed by atoms with van der Waals surface area (Å²) in [6.07, 6.45) is 4.03. The summed E-state index contributed by atoms with van der Waals surface area (Å²) in [7, 11) is 0. The number of hydrogen-bond donors (Lipinski definition) is 1. The van der Waals surface area contributed by atoms with E-state index in [0.29, 0.717) is 17.1 Å². The van der Waals surface area contributed by atoms with Crippen molar-refractivity contribution in [1.82, 2.24) is 10.3 Å². The first-order valence-electron chi connectivity index (χ1n) is 8.07. The molecule has 2 nitrogen and oxygen atoms in total. The average Bonchev–Trinajstić information content (AvgIpc) is 2.80. The number of aromatic nitrogens is 1. The smallest absolute Gasteiger partial charge is 0.175 e. The number of allylic oxidation sites excluding steroid dienone is 2. The summed E-state index contributed by atoms with van der Waals surface area (Å²) in [5.41, 5.74) is 1.84. The Morgan fingerprint density at radius 2 is 2.21 bits per heavy atom. The highest BCUT2D eigenvalue weighted by molar-refractivity contribution is 8.03. The summed E-state index contributed by atoms with van der Waals surface area (Å²) < 4.78 is 15.7. The number of rotatable bonds is 1. The second kappa shape index (κ2) is 6.17. The van der Waals surface area contributed by atoms with Gasteiger partial charge in [0, 0.05) is 35.6 Å². The number of hydrogen-bond acceptors (Lipinski definition) is 3. The minimum absolute atomic E-state index is 0.300. The van der Waals surface area contributed by atoms with Gasteiger partial charge in [-0.3, -0.25) is 0 Å². The van der Waals surface area contributed by atoms with Crippen LogP contribution in [0.15, 0.2) is 46.9 Å². The van der Waals surface area contributed by atoms with Crippen LogP contribution in [0, 0.1) is 6.92 Å². The maximum Gasteiger partial charge on any atom is 0.175 e. The van der Waals surface area contributed by atoms with Crippen LogP contribution in [0.3, 0.4) is 0 Å². The molecule has 5 heteroatoms. The highest BCUT2D eigenvalue weighted by Gasteiger charge is 2.35. The molecule has 124 valence electrons. The average molecular weight is 361 g/mol. The van der Waals surface area contributed by atoms with Crippen molar-refractivity contribution in [3.8, 4) is 0 Å². The molecule has 0 spiro atoms. The predicted octanol–water partition coefficient (Wildman–Crippen LogP) is 4.91.